The molecule has 3 heterocycles. The van der Waals surface area contributed by atoms with Gasteiger partial charge in [-0.2, -0.15) is 0 Å². The number of para-hydroxylation sites is 1. The maximum absolute atomic E-state index is 13.8. The summed E-state index contributed by atoms with van der Waals surface area (Å²) in [6.07, 6.45) is 2.86. The first kappa shape index (κ1) is 23.2. The molecule has 6 nitrogen and oxygen atoms in total. The summed E-state index contributed by atoms with van der Waals surface area (Å²) in [5.74, 6) is -0.146. The fourth-order valence-corrected chi connectivity index (χ4v) is 6.06. The van der Waals surface area contributed by atoms with Crippen LogP contribution < -0.4 is 10.6 Å². The molecule has 2 aromatic carbocycles. The van der Waals surface area contributed by atoms with Crippen LogP contribution in [0.25, 0.3) is 21.8 Å². The summed E-state index contributed by atoms with van der Waals surface area (Å²) in [7, 11) is 2.07. The number of anilines is 1. The molecule has 0 saturated heterocycles. The van der Waals surface area contributed by atoms with Gasteiger partial charge < -0.3 is 15.2 Å². The van der Waals surface area contributed by atoms with Crippen LogP contribution in [0.5, 0.6) is 0 Å². The normalized spacial score (nSPS) is 19.2. The Hall–Kier alpha value is -4.19. The van der Waals surface area contributed by atoms with Gasteiger partial charge >= 0.3 is 0 Å². The molecule has 0 bridgehead atoms. The minimum Gasteiger partial charge on any atom is -0.362 e. The number of allylic oxidation sites excluding steroid dienone is 3. The molecule has 0 radical (unpaired) electrons. The molecule has 186 valence electrons. The molecule has 6 heteroatoms. The number of dihydropyridines is 1. The van der Waals surface area contributed by atoms with Gasteiger partial charge in [-0.05, 0) is 54.7 Å². The number of aromatic nitrogens is 2. The number of pyridine rings is 1. The molecule has 0 unspecified atom stereocenters. The molecule has 1 aliphatic heterocycles. The monoisotopic (exact) mass is 490 g/mol. The highest BCUT2D eigenvalue weighted by Crippen LogP contribution is 2.47. The van der Waals surface area contributed by atoms with E-state index in [0.717, 1.165) is 45.2 Å². The van der Waals surface area contributed by atoms with Gasteiger partial charge in [0.05, 0.1) is 0 Å². The third kappa shape index (κ3) is 3.84. The van der Waals surface area contributed by atoms with Gasteiger partial charge in [-0.25, -0.2) is 4.98 Å². The van der Waals surface area contributed by atoms with E-state index in [0.29, 0.717) is 23.4 Å². The second-order valence-electron chi connectivity index (χ2n) is 11.0. The van der Waals surface area contributed by atoms with E-state index in [4.69, 9.17) is 0 Å². The maximum atomic E-state index is 13.8. The topological polar surface area (TPSA) is 76.0 Å². The van der Waals surface area contributed by atoms with E-state index in [1.54, 1.807) is 12.3 Å². The average molecular weight is 491 g/mol. The number of carbonyl (C=O) groups excluding carboxylic acids is 2. The van der Waals surface area contributed by atoms with Gasteiger partial charge in [-0.3, -0.25) is 9.59 Å². The van der Waals surface area contributed by atoms with Gasteiger partial charge in [0.25, 0.3) is 5.91 Å². The molecule has 1 atom stereocenters. The van der Waals surface area contributed by atoms with E-state index < -0.39 is 5.92 Å². The lowest BCUT2D eigenvalue weighted by Gasteiger charge is -2.39. The van der Waals surface area contributed by atoms with Crippen molar-refractivity contribution in [3.63, 3.8) is 0 Å². The maximum Gasteiger partial charge on any atom is 0.255 e. The summed E-state index contributed by atoms with van der Waals surface area (Å²) < 4.78 is 2.19. The predicted octanol–water partition coefficient (Wildman–Crippen LogP) is 5.97. The van der Waals surface area contributed by atoms with Gasteiger partial charge in [0, 0.05) is 69.9 Å². The van der Waals surface area contributed by atoms with E-state index in [9.17, 15) is 9.59 Å². The molecule has 0 spiro atoms. The fourth-order valence-electron chi connectivity index (χ4n) is 6.06. The highest BCUT2D eigenvalue weighted by atomic mass is 16.2. The summed E-state index contributed by atoms with van der Waals surface area (Å²) in [6, 6.07) is 20.1. The number of nitrogens with one attached hydrogen (secondary N) is 2. The lowest BCUT2D eigenvalue weighted by molar-refractivity contribution is -0.118. The van der Waals surface area contributed by atoms with Crippen molar-refractivity contribution in [2.75, 3.05) is 5.32 Å². The first-order chi connectivity index (χ1) is 17.7. The van der Waals surface area contributed by atoms with E-state index >= 15 is 0 Å². The second kappa shape index (κ2) is 8.44. The van der Waals surface area contributed by atoms with Crippen LogP contribution in [0.1, 0.15) is 45.1 Å². The minimum absolute atomic E-state index is 0.0948. The van der Waals surface area contributed by atoms with Crippen LogP contribution >= 0.6 is 0 Å². The number of hydrogen-bond acceptors (Lipinski definition) is 4. The first-order valence-electron chi connectivity index (χ1n) is 12.7. The third-order valence-corrected chi connectivity index (χ3v) is 7.66. The number of nitrogens with zero attached hydrogens (tertiary/aromatic N) is 2. The minimum atomic E-state index is -0.466. The molecule has 6 rings (SSSR count). The molecule has 0 fully saturated rings. The largest absolute Gasteiger partial charge is 0.362 e. The van der Waals surface area contributed by atoms with Crippen molar-refractivity contribution < 1.29 is 9.59 Å². The Morgan fingerprint density at radius 2 is 1.78 bits per heavy atom. The first-order valence-corrected chi connectivity index (χ1v) is 12.7. The van der Waals surface area contributed by atoms with Gasteiger partial charge in [0.2, 0.25) is 0 Å². The van der Waals surface area contributed by atoms with Gasteiger partial charge in [0.15, 0.2) is 5.78 Å². The number of ketones is 1. The number of rotatable bonds is 3. The Labute approximate surface area is 216 Å². The highest BCUT2D eigenvalue weighted by Gasteiger charge is 2.42. The van der Waals surface area contributed by atoms with Crippen LogP contribution in [0.3, 0.4) is 0 Å². The van der Waals surface area contributed by atoms with E-state index in [1.165, 1.54) is 0 Å². The lowest BCUT2D eigenvalue weighted by Crippen LogP contribution is -2.39. The van der Waals surface area contributed by atoms with Crippen LogP contribution in [0, 0.1) is 5.41 Å². The number of benzene rings is 2. The molecule has 37 heavy (non-hydrogen) atoms. The van der Waals surface area contributed by atoms with Crippen LogP contribution in [-0.2, 0) is 16.6 Å². The molecule has 2 aromatic heterocycles. The molecule has 1 amide bonds. The Bertz CT molecular complexity index is 1660. The summed E-state index contributed by atoms with van der Waals surface area (Å²) >= 11 is 0. The SMILES string of the molecule is CC1=C(C(=O)Nc2ccccn2)[C@@H](c2ccc3c(c2)c2ccccc2n3C)C2=C(CC(C)(C)CC2=O)N1. The number of aryl methyl sites for hydroxylation is 1. The Balaban J connectivity index is 1.54. The molecule has 4 aromatic rings. The zero-order chi connectivity index (χ0) is 25.9. The number of hydrogen-bond donors (Lipinski definition) is 2. The number of carbonyl (C=O) groups is 2. The number of amides is 1. The predicted molar refractivity (Wildman–Crippen MR) is 147 cm³/mol. The van der Waals surface area contributed by atoms with Gasteiger partial charge in [-0.15, -0.1) is 0 Å². The van der Waals surface area contributed by atoms with Crippen molar-refractivity contribution in [3.8, 4) is 0 Å². The number of Topliss-reactive ketones (excluding diaryl/α,β-unsaturated/α-hetero) is 1. The zero-order valence-electron chi connectivity index (χ0n) is 21.6. The molecule has 0 saturated carbocycles. The molecule has 2 N–H and O–H groups in total. The summed E-state index contributed by atoms with van der Waals surface area (Å²) in [5, 5.41) is 8.67. The van der Waals surface area contributed by atoms with Crippen molar-refractivity contribution in [2.24, 2.45) is 12.5 Å². The molecular weight excluding hydrogens is 460 g/mol. The van der Waals surface area contributed by atoms with Crippen molar-refractivity contribution in [2.45, 2.75) is 39.5 Å². The summed E-state index contributed by atoms with van der Waals surface area (Å²) in [6.45, 7) is 6.17. The van der Waals surface area contributed by atoms with Crippen molar-refractivity contribution in [1.29, 1.82) is 0 Å². The average Bonchev–Trinajstić information content (AvgIpc) is 3.14. The Morgan fingerprint density at radius 1 is 1.03 bits per heavy atom. The van der Waals surface area contributed by atoms with Crippen molar-refractivity contribution in [1.82, 2.24) is 14.9 Å². The smallest absolute Gasteiger partial charge is 0.255 e. The van der Waals surface area contributed by atoms with Crippen LogP contribution in [0.4, 0.5) is 5.82 Å². The summed E-state index contributed by atoms with van der Waals surface area (Å²) in [5.41, 5.74) is 6.02. The number of fused-ring (bicyclic) bond motifs is 3. The van der Waals surface area contributed by atoms with E-state index in [-0.39, 0.29) is 17.1 Å². The van der Waals surface area contributed by atoms with E-state index in [2.05, 4.69) is 71.4 Å². The van der Waals surface area contributed by atoms with Gasteiger partial charge in [0.1, 0.15) is 5.82 Å². The quantitative estimate of drug-likeness (QED) is 0.371. The molecule has 2 aliphatic rings. The Morgan fingerprint density at radius 3 is 2.57 bits per heavy atom. The Kier molecular flexibility index (Phi) is 5.30. The molecular formula is C31H30N4O2. The van der Waals surface area contributed by atoms with Crippen LogP contribution in [-0.4, -0.2) is 21.2 Å². The third-order valence-electron chi connectivity index (χ3n) is 7.66. The summed E-state index contributed by atoms with van der Waals surface area (Å²) in [4.78, 5) is 31.7. The molecule has 1 aliphatic carbocycles. The van der Waals surface area contributed by atoms with Crippen molar-refractivity contribution >= 4 is 39.3 Å². The van der Waals surface area contributed by atoms with Crippen LogP contribution in [0.2, 0.25) is 0 Å². The fraction of sp³-hybridized carbons (Fsp3) is 0.258. The van der Waals surface area contributed by atoms with Crippen molar-refractivity contribution in [3.05, 3.63) is 95.0 Å². The lowest BCUT2D eigenvalue weighted by atomic mass is 9.68. The van der Waals surface area contributed by atoms with E-state index in [1.807, 2.05) is 31.2 Å². The standard InChI is InChI=1S/C31H30N4O2/c1-18-27(30(37)34-26-11-7-8-14-32-26)28(29-22(33-18)16-31(2,3)17-25(29)36)19-12-13-24-21(15-19)20-9-5-6-10-23(20)35(24)4/h5-15,28,33H,16-17H2,1-4H3,(H,32,34,37)/t28-/m1/s1. The highest BCUT2D eigenvalue weighted by molar-refractivity contribution is 6.11. The van der Waals surface area contributed by atoms with Crippen LogP contribution in [0.15, 0.2) is 89.4 Å². The van der Waals surface area contributed by atoms with Gasteiger partial charge in [-0.1, -0.05) is 44.2 Å². The zero-order valence-corrected chi connectivity index (χ0v) is 21.6. The second-order valence-corrected chi connectivity index (χ2v) is 11.0.